The summed E-state index contributed by atoms with van der Waals surface area (Å²) < 4.78 is 0. The van der Waals surface area contributed by atoms with Gasteiger partial charge in [-0.25, -0.2) is 0 Å². The number of benzene rings is 1. The Morgan fingerprint density at radius 2 is 2.29 bits per heavy atom. The molecule has 73 valence electrons. The number of rotatable bonds is 1. The molecule has 1 amide bonds. The number of fused-ring (bicyclic) bond motifs is 1. The minimum Gasteiger partial charge on any atom is -0.375 e. The van der Waals surface area contributed by atoms with Gasteiger partial charge in [-0.3, -0.25) is 4.79 Å². The molecule has 14 heavy (non-hydrogen) atoms. The summed E-state index contributed by atoms with van der Waals surface area (Å²) in [4.78, 5) is 11.1. The quantitative estimate of drug-likeness (QED) is 0.719. The Balaban J connectivity index is 2.55. The first-order chi connectivity index (χ1) is 6.54. The SMILES string of the molecule is NC(=O)C1(O)[CH]Cc2cc(Cl)ccc21. The minimum absolute atomic E-state index is 0.509. The van der Waals surface area contributed by atoms with Crippen LogP contribution in [-0.4, -0.2) is 11.0 Å². The molecular weight excluding hydrogens is 202 g/mol. The average Bonchev–Trinajstić information content (AvgIpc) is 2.45. The molecule has 1 aliphatic carbocycles. The van der Waals surface area contributed by atoms with Gasteiger partial charge in [0, 0.05) is 11.4 Å². The topological polar surface area (TPSA) is 63.3 Å². The Morgan fingerprint density at radius 1 is 1.57 bits per heavy atom. The molecule has 0 aromatic heterocycles. The fourth-order valence-electron chi connectivity index (χ4n) is 1.70. The molecule has 4 heteroatoms. The predicted octanol–water partition coefficient (Wildman–Crippen LogP) is 0.773. The Hall–Kier alpha value is -1.06. The third-order valence-electron chi connectivity index (χ3n) is 2.47. The molecule has 0 fully saturated rings. The van der Waals surface area contributed by atoms with Crippen LogP contribution in [0.25, 0.3) is 0 Å². The van der Waals surface area contributed by atoms with E-state index in [1.165, 1.54) is 6.42 Å². The highest BCUT2D eigenvalue weighted by Crippen LogP contribution is 2.36. The monoisotopic (exact) mass is 210 g/mol. The van der Waals surface area contributed by atoms with Crippen molar-refractivity contribution in [1.29, 1.82) is 0 Å². The van der Waals surface area contributed by atoms with E-state index in [4.69, 9.17) is 17.3 Å². The van der Waals surface area contributed by atoms with Crippen molar-refractivity contribution in [2.24, 2.45) is 5.73 Å². The molecule has 1 aliphatic rings. The van der Waals surface area contributed by atoms with Crippen molar-refractivity contribution in [2.75, 3.05) is 0 Å². The predicted molar refractivity (Wildman–Crippen MR) is 52.5 cm³/mol. The molecule has 2 rings (SSSR count). The van der Waals surface area contributed by atoms with Crippen molar-refractivity contribution >= 4 is 17.5 Å². The molecule has 1 radical (unpaired) electrons. The van der Waals surface area contributed by atoms with Crippen LogP contribution in [-0.2, 0) is 16.8 Å². The van der Waals surface area contributed by atoms with Crippen LogP contribution in [0, 0.1) is 6.42 Å². The van der Waals surface area contributed by atoms with Crippen LogP contribution in [0.1, 0.15) is 11.1 Å². The Bertz CT molecular complexity index is 405. The van der Waals surface area contributed by atoms with E-state index >= 15 is 0 Å². The maximum atomic E-state index is 11.1. The van der Waals surface area contributed by atoms with Crippen molar-refractivity contribution in [3.05, 3.63) is 40.8 Å². The van der Waals surface area contributed by atoms with Crippen molar-refractivity contribution in [2.45, 2.75) is 12.0 Å². The summed E-state index contributed by atoms with van der Waals surface area (Å²) in [5, 5.41) is 10.5. The number of hydrogen-bond donors (Lipinski definition) is 2. The van der Waals surface area contributed by atoms with Crippen LogP contribution in [0.2, 0.25) is 5.02 Å². The van der Waals surface area contributed by atoms with E-state index in [9.17, 15) is 9.90 Å². The van der Waals surface area contributed by atoms with Crippen LogP contribution >= 0.6 is 11.6 Å². The highest BCUT2D eigenvalue weighted by atomic mass is 35.5. The first kappa shape index (κ1) is 9.49. The molecule has 1 aromatic rings. The van der Waals surface area contributed by atoms with Crippen molar-refractivity contribution < 1.29 is 9.90 Å². The summed E-state index contributed by atoms with van der Waals surface area (Å²) in [5.41, 5.74) is 4.89. The number of hydrogen-bond acceptors (Lipinski definition) is 2. The van der Waals surface area contributed by atoms with E-state index in [2.05, 4.69) is 0 Å². The lowest BCUT2D eigenvalue weighted by atomic mass is 9.95. The molecule has 0 saturated heterocycles. The van der Waals surface area contributed by atoms with Gasteiger partial charge in [0.2, 0.25) is 0 Å². The second-order valence-electron chi connectivity index (χ2n) is 3.34. The number of carbonyl (C=O) groups is 1. The highest BCUT2D eigenvalue weighted by Gasteiger charge is 2.42. The zero-order chi connectivity index (χ0) is 10.3. The second-order valence-corrected chi connectivity index (χ2v) is 3.78. The van der Waals surface area contributed by atoms with Gasteiger partial charge in [0.05, 0.1) is 0 Å². The summed E-state index contributed by atoms with van der Waals surface area (Å²) in [6.07, 6.45) is 2.01. The van der Waals surface area contributed by atoms with Gasteiger partial charge in [-0.05, 0) is 29.7 Å². The third-order valence-corrected chi connectivity index (χ3v) is 2.71. The maximum Gasteiger partial charge on any atom is 0.254 e. The van der Waals surface area contributed by atoms with E-state index in [1.54, 1.807) is 18.2 Å². The highest BCUT2D eigenvalue weighted by molar-refractivity contribution is 6.30. The molecule has 1 unspecified atom stereocenters. The Labute approximate surface area is 86.5 Å². The van der Waals surface area contributed by atoms with Crippen LogP contribution in [0.4, 0.5) is 0 Å². The number of carbonyl (C=O) groups excluding carboxylic acids is 1. The van der Waals surface area contributed by atoms with Gasteiger partial charge in [0.15, 0.2) is 5.60 Å². The minimum atomic E-state index is -1.63. The first-order valence-corrected chi connectivity index (χ1v) is 4.57. The number of halogens is 1. The fraction of sp³-hybridized carbons (Fsp3) is 0.200. The van der Waals surface area contributed by atoms with Crippen molar-refractivity contribution in [1.82, 2.24) is 0 Å². The van der Waals surface area contributed by atoms with Crippen LogP contribution in [0.15, 0.2) is 18.2 Å². The average molecular weight is 211 g/mol. The molecule has 1 aromatic carbocycles. The smallest absolute Gasteiger partial charge is 0.254 e. The molecule has 0 bridgehead atoms. The third kappa shape index (κ3) is 1.21. The summed E-state index contributed by atoms with van der Waals surface area (Å²) in [7, 11) is 0. The number of nitrogens with two attached hydrogens (primary N) is 1. The van der Waals surface area contributed by atoms with Gasteiger partial charge in [0.1, 0.15) is 0 Å². The Kier molecular flexibility index (Phi) is 2.01. The zero-order valence-corrected chi connectivity index (χ0v) is 8.08. The fourth-order valence-corrected chi connectivity index (χ4v) is 1.90. The van der Waals surface area contributed by atoms with E-state index < -0.39 is 11.5 Å². The van der Waals surface area contributed by atoms with Gasteiger partial charge in [-0.2, -0.15) is 0 Å². The van der Waals surface area contributed by atoms with Gasteiger partial charge in [0.25, 0.3) is 5.91 Å². The van der Waals surface area contributed by atoms with E-state index in [1.807, 2.05) is 0 Å². The second kappa shape index (κ2) is 2.97. The first-order valence-electron chi connectivity index (χ1n) is 4.19. The van der Waals surface area contributed by atoms with Gasteiger partial charge < -0.3 is 10.8 Å². The molecular formula is C10H9ClNO2. The summed E-state index contributed by atoms with van der Waals surface area (Å²) in [5.74, 6) is -0.751. The molecule has 3 nitrogen and oxygen atoms in total. The maximum absolute atomic E-state index is 11.1. The van der Waals surface area contributed by atoms with E-state index in [0.29, 0.717) is 17.0 Å². The van der Waals surface area contributed by atoms with Crippen LogP contribution in [0.5, 0.6) is 0 Å². The molecule has 0 spiro atoms. The van der Waals surface area contributed by atoms with E-state index in [0.717, 1.165) is 5.56 Å². The normalized spacial score (nSPS) is 24.7. The van der Waals surface area contributed by atoms with Gasteiger partial charge in [-0.1, -0.05) is 17.7 Å². The summed E-state index contributed by atoms with van der Waals surface area (Å²) in [6.45, 7) is 0. The summed E-state index contributed by atoms with van der Waals surface area (Å²) >= 11 is 5.78. The van der Waals surface area contributed by atoms with Gasteiger partial charge >= 0.3 is 0 Å². The molecule has 3 N–H and O–H groups in total. The van der Waals surface area contributed by atoms with Crippen molar-refractivity contribution in [3.8, 4) is 0 Å². The van der Waals surface area contributed by atoms with Crippen LogP contribution < -0.4 is 5.73 Å². The van der Waals surface area contributed by atoms with Gasteiger partial charge in [-0.15, -0.1) is 0 Å². The molecule has 0 saturated carbocycles. The lowest BCUT2D eigenvalue weighted by Crippen LogP contribution is -2.39. The van der Waals surface area contributed by atoms with Crippen molar-refractivity contribution in [3.63, 3.8) is 0 Å². The van der Waals surface area contributed by atoms with Crippen LogP contribution in [0.3, 0.4) is 0 Å². The number of amides is 1. The standard InChI is InChI=1S/C10H9ClNO2/c11-7-1-2-8-6(5-7)3-4-10(8,14)9(12)13/h1-2,4-5,14H,3H2,(H2,12,13). The number of primary amides is 1. The zero-order valence-electron chi connectivity index (χ0n) is 7.33. The molecule has 0 aliphatic heterocycles. The number of aliphatic hydroxyl groups is 1. The lowest BCUT2D eigenvalue weighted by Gasteiger charge is -2.18. The summed E-state index contributed by atoms with van der Waals surface area (Å²) in [6, 6.07) is 4.99. The lowest BCUT2D eigenvalue weighted by molar-refractivity contribution is -0.133. The largest absolute Gasteiger partial charge is 0.375 e. The molecule has 1 atom stereocenters. The van der Waals surface area contributed by atoms with E-state index in [-0.39, 0.29) is 0 Å². The molecule has 0 heterocycles. The Morgan fingerprint density at radius 3 is 2.93 bits per heavy atom.